The van der Waals surface area contributed by atoms with Gasteiger partial charge in [0.25, 0.3) is 0 Å². The van der Waals surface area contributed by atoms with E-state index in [9.17, 15) is 9.50 Å². The Labute approximate surface area is 161 Å². The molecule has 1 aliphatic heterocycles. The Morgan fingerprint density at radius 2 is 1.96 bits per heavy atom. The lowest BCUT2D eigenvalue weighted by Gasteiger charge is -2.35. The number of fused-ring (bicyclic) bond motifs is 1. The van der Waals surface area contributed by atoms with Crippen LogP contribution in [0.4, 0.5) is 10.1 Å². The van der Waals surface area contributed by atoms with E-state index in [4.69, 9.17) is 33.3 Å². The minimum atomic E-state index is -0.791. The van der Waals surface area contributed by atoms with E-state index in [1.54, 1.807) is 32.4 Å². The van der Waals surface area contributed by atoms with Crippen LogP contribution >= 0.6 is 23.8 Å². The zero-order valence-corrected chi connectivity index (χ0v) is 15.8. The van der Waals surface area contributed by atoms with Crippen molar-refractivity contribution in [2.75, 3.05) is 26.1 Å². The predicted octanol–water partition coefficient (Wildman–Crippen LogP) is 3.74. The van der Waals surface area contributed by atoms with Crippen LogP contribution in [0, 0.1) is 5.82 Å². The molecule has 1 aliphatic rings. The molecule has 2 aromatic carbocycles. The number of hydrogen-bond donors (Lipinski definition) is 2. The summed E-state index contributed by atoms with van der Waals surface area (Å²) in [6, 6.07) is 7.84. The number of aliphatic hydroxyl groups excluding tert-OH is 1. The Kier molecular flexibility index (Phi) is 5.50. The number of methoxy groups -OCH3 is 2. The first-order valence-corrected chi connectivity index (χ1v) is 8.66. The van der Waals surface area contributed by atoms with Crippen molar-refractivity contribution >= 4 is 34.6 Å². The van der Waals surface area contributed by atoms with Crippen LogP contribution in [0.5, 0.6) is 11.5 Å². The van der Waals surface area contributed by atoms with E-state index in [1.165, 1.54) is 12.1 Å². The van der Waals surface area contributed by atoms with E-state index < -0.39 is 11.9 Å². The molecule has 5 nitrogen and oxygen atoms in total. The fraction of sp³-hybridized carbons (Fsp3) is 0.278. The maximum Gasteiger partial charge on any atom is 0.173 e. The Bertz CT molecular complexity index is 849. The van der Waals surface area contributed by atoms with Crippen molar-refractivity contribution in [1.29, 1.82) is 0 Å². The van der Waals surface area contributed by atoms with Crippen LogP contribution in [0.25, 0.3) is 0 Å². The fourth-order valence-electron chi connectivity index (χ4n) is 3.01. The van der Waals surface area contributed by atoms with E-state index in [-0.39, 0.29) is 11.6 Å². The molecule has 0 fully saturated rings. The largest absolute Gasteiger partial charge is 0.496 e. The molecule has 0 saturated carbocycles. The molecule has 0 unspecified atom stereocenters. The van der Waals surface area contributed by atoms with Gasteiger partial charge in [-0.15, -0.1) is 0 Å². The number of anilines is 1. The molecule has 2 N–H and O–H groups in total. The molecule has 0 amide bonds. The van der Waals surface area contributed by atoms with Crippen LogP contribution in [0.2, 0.25) is 5.02 Å². The highest BCUT2D eigenvalue weighted by Gasteiger charge is 2.30. The van der Waals surface area contributed by atoms with Gasteiger partial charge in [0, 0.05) is 23.4 Å². The summed E-state index contributed by atoms with van der Waals surface area (Å²) in [6.07, 6.45) is -0.791. The first kappa shape index (κ1) is 18.7. The van der Waals surface area contributed by atoms with Crippen molar-refractivity contribution in [3.8, 4) is 11.5 Å². The fourth-order valence-corrected chi connectivity index (χ4v) is 3.44. The van der Waals surface area contributed by atoms with Gasteiger partial charge in [0.2, 0.25) is 0 Å². The Morgan fingerprint density at radius 1 is 1.27 bits per heavy atom. The molecule has 0 aliphatic carbocycles. The van der Waals surface area contributed by atoms with Crippen LogP contribution in [0.15, 0.2) is 30.3 Å². The number of hydrogen-bond acceptors (Lipinski definition) is 4. The van der Waals surface area contributed by atoms with E-state index >= 15 is 0 Å². The highest BCUT2D eigenvalue weighted by Crippen LogP contribution is 2.39. The molecular formula is C18H18ClFN2O3S. The number of β-amino-alcohol motifs (C(OH)–C–C–N with tert-alkyl or cyclic N) is 1. The van der Waals surface area contributed by atoms with Gasteiger partial charge < -0.3 is 24.8 Å². The topological polar surface area (TPSA) is 54.0 Å². The number of rotatable bonds is 3. The number of ether oxygens (including phenoxy) is 2. The molecule has 8 heteroatoms. The van der Waals surface area contributed by atoms with Crippen LogP contribution in [-0.4, -0.2) is 35.9 Å². The van der Waals surface area contributed by atoms with E-state index in [0.29, 0.717) is 34.4 Å². The molecule has 1 heterocycles. The van der Waals surface area contributed by atoms with Gasteiger partial charge in [-0.05, 0) is 42.5 Å². The number of halogens is 2. The van der Waals surface area contributed by atoms with E-state index in [2.05, 4.69) is 5.32 Å². The molecular weight excluding hydrogens is 379 g/mol. The van der Waals surface area contributed by atoms with Gasteiger partial charge in [0.15, 0.2) is 5.11 Å². The summed E-state index contributed by atoms with van der Waals surface area (Å²) in [5, 5.41) is 14.0. The molecule has 3 rings (SSSR count). The zero-order valence-electron chi connectivity index (χ0n) is 14.3. The molecule has 26 heavy (non-hydrogen) atoms. The van der Waals surface area contributed by atoms with E-state index in [1.807, 2.05) is 4.90 Å². The molecule has 1 atom stereocenters. The van der Waals surface area contributed by atoms with Gasteiger partial charge in [-0.3, -0.25) is 0 Å². The number of thiocarbonyl (C=S) groups is 1. The molecule has 138 valence electrons. The second-order valence-electron chi connectivity index (χ2n) is 5.82. The van der Waals surface area contributed by atoms with Crippen molar-refractivity contribution in [2.45, 2.75) is 12.6 Å². The summed E-state index contributed by atoms with van der Waals surface area (Å²) in [6.45, 7) is 0.727. The van der Waals surface area contributed by atoms with Crippen molar-refractivity contribution in [2.24, 2.45) is 0 Å². The second kappa shape index (κ2) is 7.65. The number of benzene rings is 2. The molecule has 0 bridgehead atoms. The molecule has 0 saturated heterocycles. The number of nitrogens with zero attached hydrogens (tertiary/aromatic N) is 1. The predicted molar refractivity (Wildman–Crippen MR) is 103 cm³/mol. The van der Waals surface area contributed by atoms with Crippen LogP contribution in [-0.2, 0) is 6.54 Å². The highest BCUT2D eigenvalue weighted by atomic mass is 35.5. The Morgan fingerprint density at radius 3 is 2.62 bits per heavy atom. The maximum absolute atomic E-state index is 13.3. The summed E-state index contributed by atoms with van der Waals surface area (Å²) in [5.74, 6) is 0.761. The first-order chi connectivity index (χ1) is 12.4. The summed E-state index contributed by atoms with van der Waals surface area (Å²) < 4.78 is 24.1. The quantitative estimate of drug-likeness (QED) is 0.771. The number of aliphatic hydroxyl groups is 1. The van der Waals surface area contributed by atoms with Gasteiger partial charge in [0.05, 0.1) is 25.8 Å². The third-order valence-corrected chi connectivity index (χ3v) is 4.90. The van der Waals surface area contributed by atoms with Crippen LogP contribution in [0.3, 0.4) is 0 Å². The first-order valence-electron chi connectivity index (χ1n) is 7.87. The molecule has 0 spiro atoms. The van der Waals surface area contributed by atoms with Crippen molar-refractivity contribution < 1.29 is 19.0 Å². The summed E-state index contributed by atoms with van der Waals surface area (Å²) in [4.78, 5) is 1.81. The summed E-state index contributed by atoms with van der Waals surface area (Å²) >= 11 is 11.3. The minimum absolute atomic E-state index is 0.00762. The van der Waals surface area contributed by atoms with Gasteiger partial charge in [-0.1, -0.05) is 11.6 Å². The minimum Gasteiger partial charge on any atom is -0.496 e. The average Bonchev–Trinajstić information content (AvgIpc) is 2.63. The lowest BCUT2D eigenvalue weighted by Crippen LogP contribution is -2.41. The monoisotopic (exact) mass is 396 g/mol. The third-order valence-electron chi connectivity index (χ3n) is 4.25. The Balaban J connectivity index is 1.85. The van der Waals surface area contributed by atoms with Gasteiger partial charge >= 0.3 is 0 Å². The van der Waals surface area contributed by atoms with Crippen LogP contribution < -0.4 is 14.8 Å². The maximum atomic E-state index is 13.3. The SMILES string of the molecule is COc1ccc(OC)c2c1CN(C(=S)Nc1ccc(F)c(Cl)c1)C[C@@H]2O. The highest BCUT2D eigenvalue weighted by molar-refractivity contribution is 7.80. The average molecular weight is 397 g/mol. The molecule has 0 radical (unpaired) electrons. The van der Waals surface area contributed by atoms with Crippen molar-refractivity contribution in [3.05, 3.63) is 52.3 Å². The second-order valence-corrected chi connectivity index (χ2v) is 6.61. The zero-order chi connectivity index (χ0) is 18.8. The third kappa shape index (κ3) is 3.56. The van der Waals surface area contributed by atoms with Gasteiger partial charge in [0.1, 0.15) is 23.4 Å². The lowest BCUT2D eigenvalue weighted by atomic mass is 9.95. The Hall–Kier alpha value is -2.09. The lowest BCUT2D eigenvalue weighted by molar-refractivity contribution is 0.123. The summed E-state index contributed by atoms with van der Waals surface area (Å²) in [7, 11) is 3.14. The molecule has 0 aromatic heterocycles. The van der Waals surface area contributed by atoms with Crippen LogP contribution in [0.1, 0.15) is 17.2 Å². The van der Waals surface area contributed by atoms with Gasteiger partial charge in [-0.2, -0.15) is 0 Å². The summed E-state index contributed by atoms with van der Waals surface area (Å²) in [5.41, 5.74) is 2.09. The smallest absolute Gasteiger partial charge is 0.173 e. The van der Waals surface area contributed by atoms with Crippen molar-refractivity contribution in [3.63, 3.8) is 0 Å². The normalized spacial score (nSPS) is 16.0. The van der Waals surface area contributed by atoms with Gasteiger partial charge in [-0.25, -0.2) is 4.39 Å². The standard InChI is InChI=1S/C18H18ClFN2O3S/c1-24-15-5-6-16(25-2)17-11(15)8-22(9-14(17)23)18(26)21-10-3-4-13(20)12(19)7-10/h3-7,14,23H,8-9H2,1-2H3,(H,21,26)/t14-/m0/s1. The van der Waals surface area contributed by atoms with Crippen molar-refractivity contribution in [1.82, 2.24) is 4.90 Å². The number of nitrogens with one attached hydrogen (secondary N) is 1. The molecule has 2 aromatic rings. The van der Waals surface area contributed by atoms with E-state index in [0.717, 1.165) is 5.56 Å².